The van der Waals surface area contributed by atoms with Crippen molar-refractivity contribution in [1.29, 1.82) is 0 Å². The lowest BCUT2D eigenvalue weighted by molar-refractivity contribution is -0.117. The summed E-state index contributed by atoms with van der Waals surface area (Å²) in [6.07, 6.45) is 0. The third-order valence-corrected chi connectivity index (χ3v) is 6.52. The van der Waals surface area contributed by atoms with Crippen molar-refractivity contribution in [2.24, 2.45) is 7.05 Å². The van der Waals surface area contributed by atoms with Gasteiger partial charge in [-0.1, -0.05) is 29.8 Å². The van der Waals surface area contributed by atoms with Gasteiger partial charge in [0.05, 0.1) is 11.3 Å². The molecule has 0 saturated carbocycles. The Morgan fingerprint density at radius 2 is 1.90 bits per heavy atom. The summed E-state index contributed by atoms with van der Waals surface area (Å²) in [5, 5.41) is 16.5. The van der Waals surface area contributed by atoms with Crippen LogP contribution in [0.4, 0.5) is 14.5 Å². The lowest BCUT2D eigenvalue weighted by atomic mass is 10.0. The van der Waals surface area contributed by atoms with E-state index in [1.165, 1.54) is 22.9 Å². The molecule has 40 heavy (non-hydrogen) atoms. The predicted molar refractivity (Wildman–Crippen MR) is 141 cm³/mol. The highest BCUT2D eigenvalue weighted by Gasteiger charge is 2.32. The van der Waals surface area contributed by atoms with Crippen molar-refractivity contribution in [1.82, 2.24) is 14.7 Å². The summed E-state index contributed by atoms with van der Waals surface area (Å²) in [6, 6.07) is 13.7. The first-order valence-corrected chi connectivity index (χ1v) is 12.3. The number of benzene rings is 3. The Labute approximate surface area is 231 Å². The molecule has 1 aliphatic heterocycles. The number of carbonyl (C=O) groups excluding carboxylic acids is 2. The number of hydrogen-bond donors (Lipinski definition) is 2. The van der Waals surface area contributed by atoms with Crippen molar-refractivity contribution in [3.05, 3.63) is 99.7 Å². The highest BCUT2D eigenvalue weighted by atomic mass is 35.5. The number of carboxylic acid groups (broad SMARTS) is 1. The molecule has 2 N–H and O–H groups in total. The topological polar surface area (TPSA) is 114 Å². The zero-order chi connectivity index (χ0) is 28.6. The van der Waals surface area contributed by atoms with Gasteiger partial charge in [0.15, 0.2) is 5.69 Å². The average molecular weight is 567 g/mol. The molecule has 12 heteroatoms. The number of nitrogens with one attached hydrogen (secondary N) is 1. The van der Waals surface area contributed by atoms with Crippen LogP contribution in [-0.2, 0) is 25.0 Å². The van der Waals surface area contributed by atoms with E-state index in [2.05, 4.69) is 10.4 Å². The molecule has 9 nitrogen and oxygen atoms in total. The molecule has 0 saturated heterocycles. The lowest BCUT2D eigenvalue weighted by Crippen LogP contribution is -2.38. The molecule has 2 heterocycles. The molecule has 1 aromatic heterocycles. The fourth-order valence-corrected chi connectivity index (χ4v) is 4.69. The molecule has 0 bridgehead atoms. The molecule has 0 atom stereocenters. The first-order chi connectivity index (χ1) is 19.1. The number of hydrogen-bond acceptors (Lipinski definition) is 5. The van der Waals surface area contributed by atoms with Crippen molar-refractivity contribution in [3.8, 4) is 17.0 Å². The van der Waals surface area contributed by atoms with Gasteiger partial charge in [-0.25, -0.2) is 13.6 Å². The molecule has 3 aromatic carbocycles. The second-order valence-electron chi connectivity index (χ2n) is 9.06. The Hall–Kier alpha value is -4.77. The average Bonchev–Trinajstić information content (AvgIpc) is 3.25. The standard InChI is InChI=1S/C28H21ClF2N4O5/c1-34-26-20-10-17(29)6-7-23(20)40-14-21(26)25(33-34)27(37)35(12-15-4-2-3-5-22(15)31)13-24(36)32-19-9-16(28(38)39)8-18(30)11-19/h2-11H,12-14H2,1H3,(H,32,36)(H,38,39). The zero-order valence-corrected chi connectivity index (χ0v) is 21.7. The van der Waals surface area contributed by atoms with Gasteiger partial charge in [0.25, 0.3) is 5.91 Å². The predicted octanol–water partition coefficient (Wildman–Crippen LogP) is 4.89. The summed E-state index contributed by atoms with van der Waals surface area (Å²) in [5.74, 6) is -3.69. The molecule has 0 radical (unpaired) electrons. The van der Waals surface area contributed by atoms with E-state index in [1.54, 1.807) is 31.3 Å². The van der Waals surface area contributed by atoms with E-state index in [-0.39, 0.29) is 35.7 Å². The van der Waals surface area contributed by atoms with E-state index < -0.39 is 36.0 Å². The van der Waals surface area contributed by atoms with Crippen LogP contribution in [0.5, 0.6) is 5.75 Å². The van der Waals surface area contributed by atoms with E-state index in [0.29, 0.717) is 27.6 Å². The number of aryl methyl sites for hydroxylation is 1. The second kappa shape index (κ2) is 10.8. The van der Waals surface area contributed by atoms with Crippen LogP contribution in [0.15, 0.2) is 60.7 Å². The number of aromatic carboxylic acids is 1. The smallest absolute Gasteiger partial charge is 0.335 e. The minimum atomic E-state index is -1.38. The maximum Gasteiger partial charge on any atom is 0.335 e. The Kier molecular flexibility index (Phi) is 7.22. The van der Waals surface area contributed by atoms with Gasteiger partial charge < -0.3 is 20.1 Å². The quantitative estimate of drug-likeness (QED) is 0.329. The molecule has 1 aliphatic rings. The van der Waals surface area contributed by atoms with E-state index in [1.807, 2.05) is 0 Å². The van der Waals surface area contributed by atoms with Gasteiger partial charge in [0.2, 0.25) is 5.91 Å². The molecule has 0 fully saturated rings. The maximum absolute atomic E-state index is 14.6. The largest absolute Gasteiger partial charge is 0.488 e. The molecule has 204 valence electrons. The van der Waals surface area contributed by atoms with Gasteiger partial charge in [-0.15, -0.1) is 0 Å². The summed E-state index contributed by atoms with van der Waals surface area (Å²) < 4.78 is 35.8. The molecular formula is C28H21ClF2N4O5. The molecule has 5 rings (SSSR count). The second-order valence-corrected chi connectivity index (χ2v) is 9.50. The third kappa shape index (κ3) is 5.36. The van der Waals surface area contributed by atoms with Crippen LogP contribution in [0, 0.1) is 11.6 Å². The molecular weight excluding hydrogens is 546 g/mol. The molecule has 0 unspecified atom stereocenters. The Morgan fingerprint density at radius 1 is 1.12 bits per heavy atom. The molecule has 4 aromatic rings. The highest BCUT2D eigenvalue weighted by molar-refractivity contribution is 6.31. The number of ether oxygens (including phenoxy) is 1. The molecule has 2 amide bonds. The van der Waals surface area contributed by atoms with Crippen molar-refractivity contribution in [2.45, 2.75) is 13.2 Å². The number of nitrogens with zero attached hydrogens (tertiary/aromatic N) is 3. The molecule has 0 spiro atoms. The van der Waals surface area contributed by atoms with Gasteiger partial charge in [0.1, 0.15) is 30.5 Å². The number of aromatic nitrogens is 2. The van der Waals surface area contributed by atoms with E-state index in [4.69, 9.17) is 16.3 Å². The number of carbonyl (C=O) groups is 3. The minimum absolute atomic E-state index is 0.00573. The van der Waals surface area contributed by atoms with Crippen LogP contribution in [0.3, 0.4) is 0 Å². The Balaban J connectivity index is 1.48. The Morgan fingerprint density at radius 3 is 2.65 bits per heavy atom. The van der Waals surface area contributed by atoms with E-state index in [0.717, 1.165) is 23.1 Å². The summed E-state index contributed by atoms with van der Waals surface area (Å²) in [7, 11) is 1.66. The summed E-state index contributed by atoms with van der Waals surface area (Å²) in [6.45, 7) is -0.822. The van der Waals surface area contributed by atoms with Crippen LogP contribution in [0.1, 0.15) is 32.0 Å². The summed E-state index contributed by atoms with van der Waals surface area (Å²) in [4.78, 5) is 39.2. The van der Waals surface area contributed by atoms with Crippen molar-refractivity contribution in [3.63, 3.8) is 0 Å². The third-order valence-electron chi connectivity index (χ3n) is 6.29. The summed E-state index contributed by atoms with van der Waals surface area (Å²) in [5.41, 5.74) is 1.40. The van der Waals surface area contributed by atoms with Crippen molar-refractivity contribution < 1.29 is 33.0 Å². The number of rotatable bonds is 7. The first-order valence-electron chi connectivity index (χ1n) is 12.0. The van der Waals surface area contributed by atoms with Crippen LogP contribution in [0.25, 0.3) is 11.3 Å². The number of halogens is 3. The molecule has 0 aliphatic carbocycles. The lowest BCUT2D eigenvalue weighted by Gasteiger charge is -2.23. The number of fused-ring (bicyclic) bond motifs is 3. The summed E-state index contributed by atoms with van der Waals surface area (Å²) >= 11 is 6.18. The van der Waals surface area contributed by atoms with E-state index in [9.17, 15) is 28.3 Å². The SMILES string of the molecule is Cn1nc(C(=O)N(CC(=O)Nc2cc(F)cc(C(=O)O)c2)Cc2ccccc2F)c2c1-c1cc(Cl)ccc1OC2. The van der Waals surface area contributed by atoms with Crippen LogP contribution in [0.2, 0.25) is 5.02 Å². The maximum atomic E-state index is 14.6. The van der Waals surface area contributed by atoms with Gasteiger partial charge in [0, 0.05) is 41.0 Å². The normalized spacial score (nSPS) is 11.7. The van der Waals surface area contributed by atoms with Crippen molar-refractivity contribution >= 4 is 35.1 Å². The number of amides is 2. The van der Waals surface area contributed by atoms with Gasteiger partial charge in [-0.05, 0) is 42.5 Å². The highest BCUT2D eigenvalue weighted by Crippen LogP contribution is 2.40. The minimum Gasteiger partial charge on any atom is -0.488 e. The van der Waals surface area contributed by atoms with E-state index >= 15 is 0 Å². The fraction of sp³-hybridized carbons (Fsp3) is 0.143. The van der Waals surface area contributed by atoms with Crippen molar-refractivity contribution in [2.75, 3.05) is 11.9 Å². The first kappa shape index (κ1) is 26.8. The Bertz CT molecular complexity index is 1670. The monoisotopic (exact) mass is 566 g/mol. The number of carboxylic acids is 1. The van der Waals surface area contributed by atoms with Gasteiger partial charge >= 0.3 is 5.97 Å². The van der Waals surface area contributed by atoms with Gasteiger partial charge in [-0.2, -0.15) is 5.10 Å². The van der Waals surface area contributed by atoms with Gasteiger partial charge in [-0.3, -0.25) is 14.3 Å². The van der Waals surface area contributed by atoms with Crippen LogP contribution < -0.4 is 10.1 Å². The van der Waals surface area contributed by atoms with Crippen LogP contribution >= 0.6 is 11.6 Å². The fourth-order valence-electron chi connectivity index (χ4n) is 4.52. The van der Waals surface area contributed by atoms with Crippen LogP contribution in [-0.4, -0.2) is 44.1 Å². The number of anilines is 1. The zero-order valence-electron chi connectivity index (χ0n) is 21.0.